The smallest absolute Gasteiger partial charge is 0.146 e. The van der Waals surface area contributed by atoms with Gasteiger partial charge in [-0.05, 0) is 61.6 Å². The van der Waals surface area contributed by atoms with Gasteiger partial charge in [0, 0.05) is 15.7 Å². The molecule has 4 rings (SSSR count). The van der Waals surface area contributed by atoms with Crippen LogP contribution in [0.25, 0.3) is 11.3 Å². The lowest BCUT2D eigenvalue weighted by Gasteiger charge is -2.19. The number of hydrogen-bond acceptors (Lipinski definition) is 5. The van der Waals surface area contributed by atoms with Crippen molar-refractivity contribution in [3.05, 3.63) is 63.5 Å². The predicted octanol–water partition coefficient (Wildman–Crippen LogP) is 5.02. The van der Waals surface area contributed by atoms with Crippen LogP contribution in [0.4, 0.5) is 5.82 Å². The molecule has 1 aromatic carbocycles. The Balaban J connectivity index is 1.65. The molecule has 0 atom stereocenters. The van der Waals surface area contributed by atoms with E-state index in [0.29, 0.717) is 23.7 Å². The van der Waals surface area contributed by atoms with Crippen molar-refractivity contribution in [1.29, 1.82) is 5.26 Å². The monoisotopic (exact) mass is 423 g/mol. The molecule has 2 aromatic heterocycles. The van der Waals surface area contributed by atoms with E-state index in [2.05, 4.69) is 27.0 Å². The average molecular weight is 424 g/mol. The SMILES string of the molecule is N#Cc1c(N)nc2c(c1-c1ccc(COc3cccc(Br)c3)o1)CCCC2. The summed E-state index contributed by atoms with van der Waals surface area (Å²) in [6.45, 7) is 0.307. The first-order valence-electron chi connectivity index (χ1n) is 8.84. The number of anilines is 1. The summed E-state index contributed by atoms with van der Waals surface area (Å²) in [4.78, 5) is 4.45. The van der Waals surface area contributed by atoms with Crippen molar-refractivity contribution in [2.75, 3.05) is 5.73 Å². The summed E-state index contributed by atoms with van der Waals surface area (Å²) >= 11 is 3.43. The van der Waals surface area contributed by atoms with Crippen LogP contribution >= 0.6 is 15.9 Å². The van der Waals surface area contributed by atoms with Gasteiger partial charge < -0.3 is 14.9 Å². The third kappa shape index (κ3) is 3.56. The number of furan rings is 1. The van der Waals surface area contributed by atoms with Gasteiger partial charge >= 0.3 is 0 Å². The number of hydrogen-bond donors (Lipinski definition) is 1. The molecule has 0 saturated carbocycles. The molecule has 0 saturated heterocycles. The number of aryl methyl sites for hydroxylation is 1. The molecule has 1 aliphatic carbocycles. The molecule has 5 nitrogen and oxygen atoms in total. The van der Waals surface area contributed by atoms with Gasteiger partial charge in [0.05, 0.1) is 0 Å². The molecule has 0 amide bonds. The highest BCUT2D eigenvalue weighted by Crippen LogP contribution is 2.36. The highest BCUT2D eigenvalue weighted by atomic mass is 79.9. The zero-order valence-corrected chi connectivity index (χ0v) is 16.3. The number of pyridine rings is 1. The number of ether oxygens (including phenoxy) is 1. The minimum absolute atomic E-state index is 0.275. The van der Waals surface area contributed by atoms with Crippen LogP contribution in [0, 0.1) is 11.3 Å². The van der Waals surface area contributed by atoms with E-state index in [9.17, 15) is 5.26 Å². The van der Waals surface area contributed by atoms with Gasteiger partial charge in [-0.2, -0.15) is 5.26 Å². The Labute approximate surface area is 165 Å². The summed E-state index contributed by atoms with van der Waals surface area (Å²) in [7, 11) is 0. The highest BCUT2D eigenvalue weighted by Gasteiger charge is 2.24. The van der Waals surface area contributed by atoms with Gasteiger partial charge in [-0.1, -0.05) is 22.0 Å². The van der Waals surface area contributed by atoms with E-state index in [0.717, 1.165) is 52.7 Å². The van der Waals surface area contributed by atoms with Crippen molar-refractivity contribution in [2.45, 2.75) is 32.3 Å². The van der Waals surface area contributed by atoms with E-state index >= 15 is 0 Å². The second kappa shape index (κ2) is 7.45. The molecule has 136 valence electrons. The lowest BCUT2D eigenvalue weighted by atomic mass is 9.89. The molecule has 0 aliphatic heterocycles. The van der Waals surface area contributed by atoms with Crippen LogP contribution < -0.4 is 10.5 Å². The zero-order valence-electron chi connectivity index (χ0n) is 14.7. The number of benzene rings is 1. The first-order chi connectivity index (χ1) is 13.2. The van der Waals surface area contributed by atoms with Crippen LogP contribution in [0.1, 0.15) is 35.4 Å². The summed E-state index contributed by atoms with van der Waals surface area (Å²) in [6, 6.07) is 13.6. The van der Waals surface area contributed by atoms with Crippen LogP contribution in [0.15, 0.2) is 45.3 Å². The van der Waals surface area contributed by atoms with Crippen LogP contribution in [0.3, 0.4) is 0 Å². The number of nitrogens with zero attached hydrogens (tertiary/aromatic N) is 2. The van der Waals surface area contributed by atoms with Crippen molar-refractivity contribution >= 4 is 21.7 Å². The largest absolute Gasteiger partial charge is 0.486 e. The molecular formula is C21H18BrN3O2. The summed E-state index contributed by atoms with van der Waals surface area (Å²) in [6.07, 6.45) is 3.94. The third-order valence-corrected chi connectivity index (χ3v) is 5.19. The van der Waals surface area contributed by atoms with Gasteiger partial charge in [-0.15, -0.1) is 0 Å². The predicted molar refractivity (Wildman–Crippen MR) is 106 cm³/mol. The first kappa shape index (κ1) is 17.6. The second-order valence-corrected chi connectivity index (χ2v) is 7.42. The normalized spacial score (nSPS) is 13.0. The van der Waals surface area contributed by atoms with Gasteiger partial charge in [-0.3, -0.25) is 0 Å². The van der Waals surface area contributed by atoms with Crippen molar-refractivity contribution < 1.29 is 9.15 Å². The molecule has 0 radical (unpaired) electrons. The molecule has 2 N–H and O–H groups in total. The third-order valence-electron chi connectivity index (χ3n) is 4.70. The fraction of sp³-hybridized carbons (Fsp3) is 0.238. The number of nitrogens with two attached hydrogens (primary N) is 1. The fourth-order valence-corrected chi connectivity index (χ4v) is 3.83. The van der Waals surface area contributed by atoms with Crippen LogP contribution in [0.5, 0.6) is 5.75 Å². The lowest BCUT2D eigenvalue weighted by molar-refractivity contribution is 0.272. The van der Waals surface area contributed by atoms with E-state index < -0.39 is 0 Å². The lowest BCUT2D eigenvalue weighted by Crippen LogP contribution is -2.11. The first-order valence-corrected chi connectivity index (χ1v) is 9.64. The summed E-state index contributed by atoms with van der Waals surface area (Å²) in [5.74, 6) is 2.36. The van der Waals surface area contributed by atoms with Gasteiger partial charge in [0.15, 0.2) is 0 Å². The number of aromatic nitrogens is 1. The summed E-state index contributed by atoms with van der Waals surface area (Å²) in [5.41, 5.74) is 9.29. The maximum Gasteiger partial charge on any atom is 0.146 e. The van der Waals surface area contributed by atoms with Gasteiger partial charge in [0.25, 0.3) is 0 Å². The average Bonchev–Trinajstić information content (AvgIpc) is 3.14. The highest BCUT2D eigenvalue weighted by molar-refractivity contribution is 9.10. The van der Waals surface area contributed by atoms with E-state index in [1.54, 1.807) is 0 Å². The maximum atomic E-state index is 9.61. The van der Waals surface area contributed by atoms with Crippen molar-refractivity contribution in [1.82, 2.24) is 4.98 Å². The Hall–Kier alpha value is -2.78. The van der Waals surface area contributed by atoms with Crippen molar-refractivity contribution in [2.24, 2.45) is 0 Å². The van der Waals surface area contributed by atoms with Crippen molar-refractivity contribution in [3.63, 3.8) is 0 Å². The molecule has 0 unspecified atom stereocenters. The Bertz CT molecular complexity index is 1040. The second-order valence-electron chi connectivity index (χ2n) is 6.50. The van der Waals surface area contributed by atoms with E-state index in [-0.39, 0.29) is 5.82 Å². The van der Waals surface area contributed by atoms with E-state index in [4.69, 9.17) is 14.9 Å². The standard InChI is InChI=1S/C21H18BrN3O2/c22-13-4-3-5-14(10-13)26-12-15-8-9-19(27-15)20-16-6-1-2-7-18(16)25-21(24)17(20)11-23/h3-5,8-10H,1-2,6-7,12H2,(H2,24,25). The Morgan fingerprint density at radius 3 is 2.89 bits per heavy atom. The molecule has 27 heavy (non-hydrogen) atoms. The molecule has 6 heteroatoms. The molecule has 0 bridgehead atoms. The number of halogens is 1. The number of fused-ring (bicyclic) bond motifs is 1. The van der Waals surface area contributed by atoms with Gasteiger partial charge in [0.1, 0.15) is 41.3 Å². The molecular weight excluding hydrogens is 406 g/mol. The maximum absolute atomic E-state index is 9.61. The Morgan fingerprint density at radius 1 is 1.22 bits per heavy atom. The van der Waals surface area contributed by atoms with E-state index in [1.165, 1.54) is 0 Å². The topological polar surface area (TPSA) is 85.1 Å². The minimum Gasteiger partial charge on any atom is -0.486 e. The molecule has 2 heterocycles. The fourth-order valence-electron chi connectivity index (χ4n) is 3.45. The van der Waals surface area contributed by atoms with Gasteiger partial charge in [0.2, 0.25) is 0 Å². The molecule has 3 aromatic rings. The molecule has 0 fully saturated rings. The quantitative estimate of drug-likeness (QED) is 0.636. The van der Waals surface area contributed by atoms with Crippen LogP contribution in [-0.2, 0) is 19.4 Å². The summed E-state index contributed by atoms with van der Waals surface area (Å²) < 4.78 is 12.8. The Morgan fingerprint density at radius 2 is 2.07 bits per heavy atom. The summed E-state index contributed by atoms with van der Waals surface area (Å²) in [5, 5.41) is 9.61. The Kier molecular flexibility index (Phi) is 4.87. The van der Waals surface area contributed by atoms with Gasteiger partial charge in [-0.25, -0.2) is 4.98 Å². The number of nitriles is 1. The minimum atomic E-state index is 0.275. The molecule has 1 aliphatic rings. The van der Waals surface area contributed by atoms with Crippen LogP contribution in [0.2, 0.25) is 0 Å². The van der Waals surface area contributed by atoms with E-state index in [1.807, 2.05) is 36.4 Å². The number of nitrogen functional groups attached to an aromatic ring is 1. The number of rotatable bonds is 4. The zero-order chi connectivity index (χ0) is 18.8. The van der Waals surface area contributed by atoms with Crippen LogP contribution in [-0.4, -0.2) is 4.98 Å². The van der Waals surface area contributed by atoms with Crippen molar-refractivity contribution in [3.8, 4) is 23.1 Å². The molecule has 0 spiro atoms.